The van der Waals surface area contributed by atoms with Crippen molar-refractivity contribution in [2.75, 3.05) is 18.5 Å². The minimum Gasteiger partial charge on any atom is -0.396 e. The molecular weight excluding hydrogens is 281 g/mol. The van der Waals surface area contributed by atoms with Crippen LogP contribution in [0.15, 0.2) is 36.7 Å². The highest BCUT2D eigenvalue weighted by Crippen LogP contribution is 2.13. The first kappa shape index (κ1) is 14.7. The molecule has 0 aliphatic heterocycles. The number of halogens is 2. The molecule has 0 bridgehead atoms. The standard InChI is InChI=1S/C14H15ClFN3O/c15-12-7-18-14(19-8-12)17-6-10(9-20)5-11-3-1-2-4-13(11)16/h1-4,7-8,10,20H,5-6,9H2,(H,17,18,19)/t10-/m1/s1. The van der Waals surface area contributed by atoms with E-state index in [4.69, 9.17) is 11.6 Å². The van der Waals surface area contributed by atoms with E-state index in [0.717, 1.165) is 0 Å². The van der Waals surface area contributed by atoms with Crippen LogP contribution < -0.4 is 5.32 Å². The second kappa shape index (κ2) is 7.17. The minimum absolute atomic E-state index is 0.0467. The number of nitrogens with zero attached hydrogens (tertiary/aromatic N) is 2. The van der Waals surface area contributed by atoms with Gasteiger partial charge in [-0.15, -0.1) is 0 Å². The molecule has 0 aliphatic carbocycles. The summed E-state index contributed by atoms with van der Waals surface area (Å²) in [6.45, 7) is 0.404. The molecule has 0 saturated heterocycles. The van der Waals surface area contributed by atoms with Crippen molar-refractivity contribution in [2.45, 2.75) is 6.42 Å². The van der Waals surface area contributed by atoms with Gasteiger partial charge in [0.05, 0.1) is 17.4 Å². The highest BCUT2D eigenvalue weighted by molar-refractivity contribution is 6.30. The summed E-state index contributed by atoms with van der Waals surface area (Å²) < 4.78 is 13.6. The topological polar surface area (TPSA) is 58.0 Å². The van der Waals surface area contributed by atoms with Crippen LogP contribution in [0.25, 0.3) is 0 Å². The van der Waals surface area contributed by atoms with Gasteiger partial charge in [0.15, 0.2) is 0 Å². The number of rotatable bonds is 6. The Labute approximate surface area is 121 Å². The van der Waals surface area contributed by atoms with Gasteiger partial charge in [-0.1, -0.05) is 29.8 Å². The molecule has 0 aliphatic rings. The predicted octanol–water partition coefficient (Wildman–Crippen LogP) is 2.53. The molecule has 0 saturated carbocycles. The van der Waals surface area contributed by atoms with E-state index in [1.807, 2.05) is 0 Å². The molecule has 2 rings (SSSR count). The fourth-order valence-electron chi connectivity index (χ4n) is 1.82. The summed E-state index contributed by atoms with van der Waals surface area (Å²) in [5.41, 5.74) is 0.588. The Kier molecular flexibility index (Phi) is 5.26. The Bertz CT molecular complexity index is 550. The first-order valence-electron chi connectivity index (χ1n) is 6.24. The zero-order chi connectivity index (χ0) is 14.4. The third-order valence-corrected chi connectivity index (χ3v) is 3.09. The van der Waals surface area contributed by atoms with Crippen LogP contribution in [-0.4, -0.2) is 28.2 Å². The summed E-state index contributed by atoms with van der Waals surface area (Å²) in [6, 6.07) is 6.56. The van der Waals surface area contributed by atoms with E-state index >= 15 is 0 Å². The lowest BCUT2D eigenvalue weighted by Crippen LogP contribution is -2.21. The van der Waals surface area contributed by atoms with Crippen molar-refractivity contribution in [1.29, 1.82) is 0 Å². The van der Waals surface area contributed by atoms with Crippen molar-refractivity contribution in [3.05, 3.63) is 53.1 Å². The Morgan fingerprint density at radius 2 is 1.95 bits per heavy atom. The second-order valence-corrected chi connectivity index (χ2v) is 4.89. The number of benzene rings is 1. The molecule has 0 amide bonds. The molecule has 1 aromatic carbocycles. The molecule has 106 valence electrons. The molecule has 0 radical (unpaired) electrons. The third-order valence-electron chi connectivity index (χ3n) is 2.89. The number of aliphatic hydroxyl groups is 1. The molecular formula is C14H15ClFN3O. The van der Waals surface area contributed by atoms with E-state index in [-0.39, 0.29) is 18.3 Å². The van der Waals surface area contributed by atoms with Crippen LogP contribution in [0.5, 0.6) is 0 Å². The van der Waals surface area contributed by atoms with E-state index in [9.17, 15) is 9.50 Å². The zero-order valence-corrected chi connectivity index (χ0v) is 11.5. The lowest BCUT2D eigenvalue weighted by molar-refractivity contribution is 0.231. The van der Waals surface area contributed by atoms with Crippen molar-refractivity contribution in [3.63, 3.8) is 0 Å². The summed E-state index contributed by atoms with van der Waals surface area (Å²) >= 11 is 5.69. The van der Waals surface area contributed by atoms with E-state index < -0.39 is 0 Å². The minimum atomic E-state index is -0.256. The molecule has 4 nitrogen and oxygen atoms in total. The average Bonchev–Trinajstić information content (AvgIpc) is 2.47. The van der Waals surface area contributed by atoms with Crippen LogP contribution >= 0.6 is 11.6 Å². The summed E-state index contributed by atoms with van der Waals surface area (Å²) in [7, 11) is 0. The van der Waals surface area contributed by atoms with Gasteiger partial charge in [0.2, 0.25) is 5.95 Å². The van der Waals surface area contributed by atoms with Gasteiger partial charge >= 0.3 is 0 Å². The largest absolute Gasteiger partial charge is 0.396 e. The van der Waals surface area contributed by atoms with Gasteiger partial charge in [-0.25, -0.2) is 14.4 Å². The van der Waals surface area contributed by atoms with Gasteiger partial charge in [-0.3, -0.25) is 0 Å². The molecule has 0 unspecified atom stereocenters. The fourth-order valence-corrected chi connectivity index (χ4v) is 1.91. The first-order chi connectivity index (χ1) is 9.69. The maximum atomic E-state index is 13.6. The van der Waals surface area contributed by atoms with Crippen molar-refractivity contribution in [2.24, 2.45) is 5.92 Å². The van der Waals surface area contributed by atoms with Gasteiger partial charge < -0.3 is 10.4 Å². The Hall–Kier alpha value is -1.72. The number of aromatic nitrogens is 2. The molecule has 0 spiro atoms. The Balaban J connectivity index is 1.92. The first-order valence-corrected chi connectivity index (χ1v) is 6.62. The van der Waals surface area contributed by atoms with Gasteiger partial charge in [0.1, 0.15) is 5.82 Å². The Morgan fingerprint density at radius 1 is 1.25 bits per heavy atom. The summed E-state index contributed by atoms with van der Waals surface area (Å²) in [5.74, 6) is 0.0567. The smallest absolute Gasteiger partial charge is 0.222 e. The van der Waals surface area contributed by atoms with E-state index in [1.165, 1.54) is 18.5 Å². The van der Waals surface area contributed by atoms with Crippen molar-refractivity contribution in [3.8, 4) is 0 Å². The number of aliphatic hydroxyl groups excluding tert-OH is 1. The van der Waals surface area contributed by atoms with E-state index in [2.05, 4.69) is 15.3 Å². The summed E-state index contributed by atoms with van der Waals surface area (Å²) in [5, 5.41) is 12.8. The molecule has 1 heterocycles. The van der Waals surface area contributed by atoms with Crippen molar-refractivity contribution < 1.29 is 9.50 Å². The van der Waals surface area contributed by atoms with Crippen LogP contribution in [0.3, 0.4) is 0 Å². The fraction of sp³-hybridized carbons (Fsp3) is 0.286. The number of anilines is 1. The molecule has 2 aromatic rings. The van der Waals surface area contributed by atoms with Gasteiger partial charge in [-0.2, -0.15) is 0 Å². The highest BCUT2D eigenvalue weighted by atomic mass is 35.5. The molecule has 2 N–H and O–H groups in total. The molecule has 1 aromatic heterocycles. The van der Waals surface area contributed by atoms with Crippen LogP contribution in [-0.2, 0) is 6.42 Å². The number of hydrogen-bond donors (Lipinski definition) is 2. The lowest BCUT2D eigenvalue weighted by Gasteiger charge is -2.15. The normalized spacial score (nSPS) is 12.2. The Morgan fingerprint density at radius 3 is 2.60 bits per heavy atom. The van der Waals surface area contributed by atoms with Gasteiger partial charge in [0, 0.05) is 19.1 Å². The molecule has 6 heteroatoms. The second-order valence-electron chi connectivity index (χ2n) is 4.45. The number of hydrogen-bond acceptors (Lipinski definition) is 4. The lowest BCUT2D eigenvalue weighted by atomic mass is 10.00. The maximum Gasteiger partial charge on any atom is 0.222 e. The number of nitrogens with one attached hydrogen (secondary N) is 1. The predicted molar refractivity (Wildman–Crippen MR) is 76.2 cm³/mol. The monoisotopic (exact) mass is 295 g/mol. The van der Waals surface area contributed by atoms with Crippen LogP contribution in [0, 0.1) is 11.7 Å². The molecule has 0 fully saturated rings. The summed E-state index contributed by atoms with van der Waals surface area (Å²) in [6.07, 6.45) is 3.42. The van der Waals surface area contributed by atoms with Crippen LogP contribution in [0.4, 0.5) is 10.3 Å². The maximum absolute atomic E-state index is 13.6. The van der Waals surface area contributed by atoms with Crippen molar-refractivity contribution >= 4 is 17.5 Å². The SMILES string of the molecule is OC[C@@H](CNc1ncc(Cl)cn1)Cc1ccccc1F. The average molecular weight is 296 g/mol. The zero-order valence-electron chi connectivity index (χ0n) is 10.8. The highest BCUT2D eigenvalue weighted by Gasteiger charge is 2.12. The van der Waals surface area contributed by atoms with Crippen LogP contribution in [0.2, 0.25) is 5.02 Å². The van der Waals surface area contributed by atoms with E-state index in [1.54, 1.807) is 18.2 Å². The molecule has 1 atom stereocenters. The third kappa shape index (κ3) is 4.15. The van der Waals surface area contributed by atoms with Gasteiger partial charge in [0.25, 0.3) is 0 Å². The van der Waals surface area contributed by atoms with Gasteiger partial charge in [-0.05, 0) is 18.1 Å². The molecule has 20 heavy (non-hydrogen) atoms. The van der Waals surface area contributed by atoms with Crippen LogP contribution in [0.1, 0.15) is 5.56 Å². The van der Waals surface area contributed by atoms with Crippen molar-refractivity contribution in [1.82, 2.24) is 9.97 Å². The quantitative estimate of drug-likeness (QED) is 0.860. The summed E-state index contributed by atoms with van der Waals surface area (Å²) in [4.78, 5) is 8.00. The van der Waals surface area contributed by atoms with E-state index in [0.29, 0.717) is 29.5 Å².